The molecular formula is C19H24N4O2. The van der Waals surface area contributed by atoms with Gasteiger partial charge in [0.1, 0.15) is 5.78 Å². The number of nitrogens with zero attached hydrogens (tertiary/aromatic N) is 3. The Hall–Kier alpha value is -2.50. The first kappa shape index (κ1) is 17.3. The highest BCUT2D eigenvalue weighted by molar-refractivity contribution is 5.94. The van der Waals surface area contributed by atoms with Crippen molar-refractivity contribution in [1.29, 1.82) is 0 Å². The smallest absolute Gasteiger partial charge is 0.255 e. The standard InChI is InChI=1S/C19H24N4O2/c1-13(2)8-18(24)15-4-3-7-23(12-15)19(25)14-5-6-17(20-9-14)16-10-21-22-11-16/h5-6,9-11,13,15H,3-4,7-8,12H2,1-2H3,(H,21,22)/t15-/m0/s1. The van der Waals surface area contributed by atoms with Crippen molar-refractivity contribution in [3.8, 4) is 11.3 Å². The molecule has 1 N–H and O–H groups in total. The van der Waals surface area contributed by atoms with Gasteiger partial charge in [0.05, 0.1) is 17.5 Å². The van der Waals surface area contributed by atoms with Gasteiger partial charge in [-0.2, -0.15) is 5.10 Å². The molecule has 0 aliphatic carbocycles. The number of nitrogens with one attached hydrogen (secondary N) is 1. The summed E-state index contributed by atoms with van der Waals surface area (Å²) in [6.45, 7) is 5.33. The minimum absolute atomic E-state index is 0.0294. The van der Waals surface area contributed by atoms with E-state index in [4.69, 9.17) is 0 Å². The van der Waals surface area contributed by atoms with Crippen molar-refractivity contribution in [2.75, 3.05) is 13.1 Å². The summed E-state index contributed by atoms with van der Waals surface area (Å²) >= 11 is 0. The van der Waals surface area contributed by atoms with Crippen LogP contribution in [0.25, 0.3) is 11.3 Å². The zero-order chi connectivity index (χ0) is 17.8. The number of H-pyrrole nitrogens is 1. The van der Waals surface area contributed by atoms with Crippen molar-refractivity contribution in [3.63, 3.8) is 0 Å². The van der Waals surface area contributed by atoms with Crippen LogP contribution in [0, 0.1) is 11.8 Å². The van der Waals surface area contributed by atoms with Gasteiger partial charge in [-0.15, -0.1) is 0 Å². The number of carbonyl (C=O) groups is 2. The molecule has 6 heteroatoms. The summed E-state index contributed by atoms with van der Waals surface area (Å²) in [4.78, 5) is 31.2. The Morgan fingerprint density at radius 2 is 2.16 bits per heavy atom. The lowest BCUT2D eigenvalue weighted by atomic mass is 9.89. The first-order valence-corrected chi connectivity index (χ1v) is 8.81. The molecule has 0 aromatic carbocycles. The van der Waals surface area contributed by atoms with Crippen LogP contribution in [-0.4, -0.2) is 44.9 Å². The summed E-state index contributed by atoms with van der Waals surface area (Å²) in [5.74, 6) is 0.561. The van der Waals surface area contributed by atoms with Crippen molar-refractivity contribution in [2.45, 2.75) is 33.1 Å². The Morgan fingerprint density at radius 3 is 2.80 bits per heavy atom. The molecule has 2 aromatic heterocycles. The number of piperidine rings is 1. The average molecular weight is 340 g/mol. The minimum Gasteiger partial charge on any atom is -0.338 e. The first-order valence-electron chi connectivity index (χ1n) is 8.81. The molecule has 0 saturated carbocycles. The molecule has 132 valence electrons. The third-order valence-corrected chi connectivity index (χ3v) is 4.58. The molecule has 0 bridgehead atoms. The topological polar surface area (TPSA) is 79.0 Å². The molecule has 1 fully saturated rings. The largest absolute Gasteiger partial charge is 0.338 e. The van der Waals surface area contributed by atoms with Crippen molar-refractivity contribution in [3.05, 3.63) is 36.3 Å². The monoisotopic (exact) mass is 340 g/mol. The summed E-state index contributed by atoms with van der Waals surface area (Å²) in [6.07, 6.45) is 7.41. The summed E-state index contributed by atoms with van der Waals surface area (Å²) in [7, 11) is 0. The van der Waals surface area contributed by atoms with E-state index in [2.05, 4.69) is 29.0 Å². The number of pyridine rings is 1. The predicted molar refractivity (Wildman–Crippen MR) is 94.9 cm³/mol. The van der Waals surface area contributed by atoms with Crippen LogP contribution in [-0.2, 0) is 4.79 Å². The highest BCUT2D eigenvalue weighted by Gasteiger charge is 2.29. The van der Waals surface area contributed by atoms with E-state index in [9.17, 15) is 9.59 Å². The van der Waals surface area contributed by atoms with Gasteiger partial charge in [-0.1, -0.05) is 13.8 Å². The molecule has 1 aliphatic heterocycles. The number of ketones is 1. The maximum atomic E-state index is 12.7. The molecule has 6 nitrogen and oxygen atoms in total. The molecule has 0 radical (unpaired) electrons. The van der Waals surface area contributed by atoms with Crippen molar-refractivity contribution >= 4 is 11.7 Å². The fraction of sp³-hybridized carbons (Fsp3) is 0.474. The fourth-order valence-electron chi connectivity index (χ4n) is 3.26. The van der Waals surface area contributed by atoms with Gasteiger partial charge in [0.25, 0.3) is 5.91 Å². The van der Waals surface area contributed by atoms with Crippen LogP contribution in [0.1, 0.15) is 43.5 Å². The summed E-state index contributed by atoms with van der Waals surface area (Å²) in [5.41, 5.74) is 2.22. The third kappa shape index (κ3) is 4.13. The maximum absolute atomic E-state index is 12.7. The summed E-state index contributed by atoms with van der Waals surface area (Å²) in [6, 6.07) is 3.61. The Balaban J connectivity index is 1.67. The first-order chi connectivity index (χ1) is 12.0. The molecule has 1 atom stereocenters. The zero-order valence-corrected chi connectivity index (χ0v) is 14.7. The van der Waals surface area contributed by atoms with Gasteiger partial charge in [0.2, 0.25) is 0 Å². The highest BCUT2D eigenvalue weighted by atomic mass is 16.2. The molecule has 1 aliphatic rings. The number of hydrogen-bond acceptors (Lipinski definition) is 4. The Kier molecular flexibility index (Phi) is 5.26. The van der Waals surface area contributed by atoms with E-state index in [1.165, 1.54) is 0 Å². The molecule has 1 amide bonds. The van der Waals surface area contributed by atoms with Gasteiger partial charge in [-0.3, -0.25) is 19.7 Å². The lowest BCUT2D eigenvalue weighted by molar-refractivity contribution is -0.124. The second-order valence-electron chi connectivity index (χ2n) is 7.07. The van der Waals surface area contributed by atoms with Crippen LogP contribution in [0.4, 0.5) is 0 Å². The van der Waals surface area contributed by atoms with Gasteiger partial charge in [0.15, 0.2) is 0 Å². The van der Waals surface area contributed by atoms with Crippen LogP contribution >= 0.6 is 0 Å². The number of rotatable bonds is 5. The fourth-order valence-corrected chi connectivity index (χ4v) is 3.26. The molecular weight excluding hydrogens is 316 g/mol. The number of amides is 1. The third-order valence-electron chi connectivity index (χ3n) is 4.58. The van der Waals surface area contributed by atoms with Gasteiger partial charge in [0, 0.05) is 43.4 Å². The van der Waals surface area contributed by atoms with Gasteiger partial charge in [-0.25, -0.2) is 0 Å². The van der Waals surface area contributed by atoms with Crippen molar-refractivity contribution < 1.29 is 9.59 Å². The van der Waals surface area contributed by atoms with Crippen LogP contribution < -0.4 is 0 Å². The van der Waals surface area contributed by atoms with E-state index in [-0.39, 0.29) is 17.6 Å². The zero-order valence-electron chi connectivity index (χ0n) is 14.7. The van der Waals surface area contributed by atoms with Crippen molar-refractivity contribution in [1.82, 2.24) is 20.1 Å². The lowest BCUT2D eigenvalue weighted by Crippen LogP contribution is -2.42. The molecule has 3 rings (SSSR count). The average Bonchev–Trinajstić information content (AvgIpc) is 3.15. The lowest BCUT2D eigenvalue weighted by Gasteiger charge is -2.32. The minimum atomic E-state index is -0.0479. The van der Waals surface area contributed by atoms with Crippen LogP contribution in [0.15, 0.2) is 30.7 Å². The molecule has 0 unspecified atom stereocenters. The van der Waals surface area contributed by atoms with Crippen LogP contribution in [0.2, 0.25) is 0 Å². The summed E-state index contributed by atoms with van der Waals surface area (Å²) < 4.78 is 0. The molecule has 2 aromatic rings. The van der Waals surface area contributed by atoms with Crippen molar-refractivity contribution in [2.24, 2.45) is 11.8 Å². The molecule has 3 heterocycles. The molecule has 0 spiro atoms. The number of Topliss-reactive ketones (excluding diaryl/α,β-unsaturated/α-hetero) is 1. The molecule has 1 saturated heterocycles. The Labute approximate surface area is 147 Å². The number of hydrogen-bond donors (Lipinski definition) is 1. The van der Waals surface area contributed by atoms with E-state index >= 15 is 0 Å². The SMILES string of the molecule is CC(C)CC(=O)[C@H]1CCCN(C(=O)c2ccc(-c3cn[nH]c3)nc2)C1. The second-order valence-corrected chi connectivity index (χ2v) is 7.07. The van der Waals surface area contributed by atoms with Gasteiger partial charge in [-0.05, 0) is 30.9 Å². The quantitative estimate of drug-likeness (QED) is 0.907. The Morgan fingerprint density at radius 1 is 1.32 bits per heavy atom. The van der Waals surface area contributed by atoms with Crippen LogP contribution in [0.5, 0.6) is 0 Å². The van der Waals surface area contributed by atoms with E-state index in [0.717, 1.165) is 24.1 Å². The van der Waals surface area contributed by atoms with Gasteiger partial charge >= 0.3 is 0 Å². The molecule has 25 heavy (non-hydrogen) atoms. The normalized spacial score (nSPS) is 17.7. The number of likely N-dealkylation sites (tertiary alicyclic amines) is 1. The highest BCUT2D eigenvalue weighted by Crippen LogP contribution is 2.22. The number of carbonyl (C=O) groups excluding carboxylic acids is 2. The van der Waals surface area contributed by atoms with Gasteiger partial charge < -0.3 is 4.90 Å². The van der Waals surface area contributed by atoms with E-state index in [1.807, 2.05) is 6.07 Å². The van der Waals surface area contributed by atoms with E-state index in [0.29, 0.717) is 31.0 Å². The number of aromatic amines is 1. The van der Waals surface area contributed by atoms with Crippen LogP contribution in [0.3, 0.4) is 0 Å². The summed E-state index contributed by atoms with van der Waals surface area (Å²) in [5, 5.41) is 6.65. The number of aromatic nitrogens is 3. The van der Waals surface area contributed by atoms with E-state index in [1.54, 1.807) is 29.6 Å². The maximum Gasteiger partial charge on any atom is 0.255 e. The second kappa shape index (κ2) is 7.59. The predicted octanol–water partition coefficient (Wildman–Crippen LogP) is 2.94. The Bertz CT molecular complexity index is 722. The van der Waals surface area contributed by atoms with E-state index < -0.39 is 0 Å².